The van der Waals surface area contributed by atoms with E-state index < -0.39 is 0 Å². The molecule has 0 spiro atoms. The van der Waals surface area contributed by atoms with Crippen molar-refractivity contribution in [2.75, 3.05) is 0 Å². The van der Waals surface area contributed by atoms with Gasteiger partial charge in [0, 0.05) is 0 Å². The summed E-state index contributed by atoms with van der Waals surface area (Å²) in [7, 11) is 0. The maximum atomic E-state index is 2.37. The summed E-state index contributed by atoms with van der Waals surface area (Å²) >= 11 is 0. The summed E-state index contributed by atoms with van der Waals surface area (Å²) in [5, 5.41) is 0. The van der Waals surface area contributed by atoms with Crippen molar-refractivity contribution in [3.05, 3.63) is 58.7 Å². The van der Waals surface area contributed by atoms with Crippen LogP contribution in [0.5, 0.6) is 0 Å². The second-order valence-electron chi connectivity index (χ2n) is 5.27. The Labute approximate surface area is 102 Å². The number of rotatable bonds is 0. The molecule has 0 aliphatic heterocycles. The first-order valence-electron chi connectivity index (χ1n) is 6.65. The van der Waals surface area contributed by atoms with E-state index in [2.05, 4.69) is 36.4 Å². The Kier molecular flexibility index (Phi) is 1.93. The second-order valence-corrected chi connectivity index (χ2v) is 5.27. The largest absolute Gasteiger partial charge is 0.0619 e. The summed E-state index contributed by atoms with van der Waals surface area (Å²) in [6.45, 7) is 0. The Morgan fingerprint density at radius 3 is 2.53 bits per heavy atom. The van der Waals surface area contributed by atoms with Crippen LogP contribution in [0.4, 0.5) is 0 Å². The van der Waals surface area contributed by atoms with Gasteiger partial charge in [-0.05, 0) is 65.5 Å². The molecule has 4 rings (SSSR count). The van der Waals surface area contributed by atoms with E-state index in [1.54, 1.807) is 16.7 Å². The highest BCUT2D eigenvalue weighted by Gasteiger charge is 2.23. The summed E-state index contributed by atoms with van der Waals surface area (Å²) in [6, 6.07) is 13.6. The molecule has 17 heavy (non-hydrogen) atoms. The molecule has 84 valence electrons. The molecule has 0 aromatic heterocycles. The monoisotopic (exact) mass is 220 g/mol. The van der Waals surface area contributed by atoms with Crippen LogP contribution in [0.2, 0.25) is 0 Å². The van der Waals surface area contributed by atoms with E-state index in [0.29, 0.717) is 0 Å². The summed E-state index contributed by atoms with van der Waals surface area (Å²) in [6.07, 6.45) is 6.50. The molecule has 0 fully saturated rings. The molecule has 0 nitrogen and oxygen atoms in total. The van der Waals surface area contributed by atoms with Crippen LogP contribution in [0, 0.1) is 0 Å². The van der Waals surface area contributed by atoms with Crippen molar-refractivity contribution in [1.29, 1.82) is 0 Å². The van der Waals surface area contributed by atoms with Gasteiger partial charge in [0.2, 0.25) is 0 Å². The highest BCUT2D eigenvalue weighted by Crippen LogP contribution is 2.40. The SMILES string of the molecule is c1ccc2c(c1)Cc1c-2ccc2c1CCCC2. The first-order chi connectivity index (χ1) is 8.43. The first kappa shape index (κ1) is 9.47. The summed E-state index contributed by atoms with van der Waals surface area (Å²) in [4.78, 5) is 0. The van der Waals surface area contributed by atoms with E-state index in [9.17, 15) is 0 Å². The lowest BCUT2D eigenvalue weighted by Gasteiger charge is -2.19. The normalized spacial score (nSPS) is 16.2. The fourth-order valence-electron chi connectivity index (χ4n) is 3.49. The topological polar surface area (TPSA) is 0 Å². The molecular weight excluding hydrogens is 204 g/mol. The van der Waals surface area contributed by atoms with Gasteiger partial charge < -0.3 is 0 Å². The van der Waals surface area contributed by atoms with Gasteiger partial charge in [0.1, 0.15) is 0 Å². The predicted octanol–water partition coefficient (Wildman–Crippen LogP) is 4.14. The third kappa shape index (κ3) is 1.30. The smallest absolute Gasteiger partial charge is 0.00106 e. The molecule has 2 aliphatic rings. The average Bonchev–Trinajstić information content (AvgIpc) is 2.78. The van der Waals surface area contributed by atoms with Gasteiger partial charge >= 0.3 is 0 Å². The molecule has 0 N–H and O–H groups in total. The predicted molar refractivity (Wildman–Crippen MR) is 71.3 cm³/mol. The zero-order valence-electron chi connectivity index (χ0n) is 10.00. The maximum absolute atomic E-state index is 2.37. The van der Waals surface area contributed by atoms with Crippen molar-refractivity contribution in [3.63, 3.8) is 0 Å². The van der Waals surface area contributed by atoms with Crippen molar-refractivity contribution in [3.8, 4) is 11.1 Å². The van der Waals surface area contributed by atoms with E-state index in [4.69, 9.17) is 0 Å². The summed E-state index contributed by atoms with van der Waals surface area (Å²) in [5.41, 5.74) is 9.40. The van der Waals surface area contributed by atoms with Crippen LogP contribution in [0.15, 0.2) is 36.4 Å². The van der Waals surface area contributed by atoms with Crippen molar-refractivity contribution in [2.24, 2.45) is 0 Å². The zero-order valence-corrected chi connectivity index (χ0v) is 10.00. The lowest BCUT2D eigenvalue weighted by atomic mass is 9.86. The molecule has 2 aliphatic carbocycles. The van der Waals surface area contributed by atoms with Crippen molar-refractivity contribution < 1.29 is 0 Å². The number of benzene rings is 2. The molecule has 0 saturated heterocycles. The van der Waals surface area contributed by atoms with Crippen LogP contribution in [0.3, 0.4) is 0 Å². The van der Waals surface area contributed by atoms with Crippen LogP contribution < -0.4 is 0 Å². The van der Waals surface area contributed by atoms with Crippen LogP contribution in [0.25, 0.3) is 11.1 Å². The van der Waals surface area contributed by atoms with Crippen LogP contribution in [-0.4, -0.2) is 0 Å². The Morgan fingerprint density at radius 1 is 0.647 bits per heavy atom. The lowest BCUT2D eigenvalue weighted by Crippen LogP contribution is -2.05. The molecular formula is C17H16. The first-order valence-corrected chi connectivity index (χ1v) is 6.65. The Bertz CT molecular complexity index is 593. The van der Waals surface area contributed by atoms with Crippen molar-refractivity contribution in [1.82, 2.24) is 0 Å². The average molecular weight is 220 g/mol. The summed E-state index contributed by atoms with van der Waals surface area (Å²) in [5.74, 6) is 0. The highest BCUT2D eigenvalue weighted by molar-refractivity contribution is 5.78. The Morgan fingerprint density at radius 2 is 1.53 bits per heavy atom. The number of hydrogen-bond donors (Lipinski definition) is 0. The second kappa shape index (κ2) is 3.46. The molecule has 0 radical (unpaired) electrons. The van der Waals surface area contributed by atoms with Gasteiger partial charge in [-0.2, -0.15) is 0 Å². The zero-order chi connectivity index (χ0) is 11.2. The van der Waals surface area contributed by atoms with E-state index in [1.165, 1.54) is 42.4 Å². The molecule has 0 heterocycles. The molecule has 0 heteroatoms. The standard InChI is InChI=1S/C17H16/c1-3-7-14-12(5-1)9-10-16-15-8-4-2-6-13(15)11-17(14)16/h2,4,6,8-10H,1,3,5,7,11H2. The van der Waals surface area contributed by atoms with Gasteiger partial charge in [-0.15, -0.1) is 0 Å². The molecule has 0 amide bonds. The van der Waals surface area contributed by atoms with Crippen LogP contribution in [0.1, 0.15) is 35.1 Å². The van der Waals surface area contributed by atoms with Crippen LogP contribution in [-0.2, 0) is 19.3 Å². The van der Waals surface area contributed by atoms with E-state index in [-0.39, 0.29) is 0 Å². The molecule has 0 bridgehead atoms. The third-order valence-electron chi connectivity index (χ3n) is 4.33. The van der Waals surface area contributed by atoms with Gasteiger partial charge in [0.05, 0.1) is 0 Å². The maximum Gasteiger partial charge on any atom is -0.00106 e. The minimum atomic E-state index is 1.16. The third-order valence-corrected chi connectivity index (χ3v) is 4.33. The van der Waals surface area contributed by atoms with Gasteiger partial charge in [0.25, 0.3) is 0 Å². The highest BCUT2D eigenvalue weighted by atomic mass is 14.3. The molecule has 2 aromatic carbocycles. The van der Waals surface area contributed by atoms with E-state index in [1.807, 2.05) is 0 Å². The van der Waals surface area contributed by atoms with Gasteiger partial charge in [-0.1, -0.05) is 36.4 Å². The molecule has 0 atom stereocenters. The van der Waals surface area contributed by atoms with Crippen molar-refractivity contribution >= 4 is 0 Å². The van der Waals surface area contributed by atoms with Gasteiger partial charge in [0.15, 0.2) is 0 Å². The number of aryl methyl sites for hydroxylation is 1. The Hall–Kier alpha value is -1.56. The molecule has 0 saturated carbocycles. The minimum absolute atomic E-state index is 1.16. The fraction of sp³-hybridized carbons (Fsp3) is 0.294. The van der Waals surface area contributed by atoms with Gasteiger partial charge in [-0.25, -0.2) is 0 Å². The van der Waals surface area contributed by atoms with E-state index >= 15 is 0 Å². The minimum Gasteiger partial charge on any atom is -0.0619 e. The molecule has 2 aromatic rings. The van der Waals surface area contributed by atoms with E-state index in [0.717, 1.165) is 6.42 Å². The van der Waals surface area contributed by atoms with Gasteiger partial charge in [-0.3, -0.25) is 0 Å². The Balaban J connectivity index is 1.96. The summed E-state index contributed by atoms with van der Waals surface area (Å²) < 4.78 is 0. The molecule has 0 unspecified atom stereocenters. The number of hydrogen-bond acceptors (Lipinski definition) is 0. The lowest BCUT2D eigenvalue weighted by molar-refractivity contribution is 0.681. The quantitative estimate of drug-likeness (QED) is 0.534. The van der Waals surface area contributed by atoms with Crippen molar-refractivity contribution in [2.45, 2.75) is 32.1 Å². The fourth-order valence-corrected chi connectivity index (χ4v) is 3.49. The number of fused-ring (bicyclic) bond motifs is 5. The van der Waals surface area contributed by atoms with Crippen LogP contribution >= 0.6 is 0 Å².